The van der Waals surface area contributed by atoms with Crippen LogP contribution in [0.2, 0.25) is 0 Å². The van der Waals surface area contributed by atoms with Gasteiger partial charge in [0.05, 0.1) is 6.26 Å². The highest BCUT2D eigenvalue weighted by molar-refractivity contribution is 5.19. The normalized spacial score (nSPS) is 12.9. The lowest BCUT2D eigenvalue weighted by atomic mass is 10.2. The van der Waals surface area contributed by atoms with Crippen molar-refractivity contribution in [2.24, 2.45) is 0 Å². The third-order valence-corrected chi connectivity index (χ3v) is 2.43. The Hall–Kier alpha value is -1.48. The zero-order valence-electron chi connectivity index (χ0n) is 8.99. The van der Waals surface area contributed by atoms with Crippen molar-refractivity contribution in [2.75, 3.05) is 7.05 Å². The van der Waals surface area contributed by atoms with Crippen molar-refractivity contribution in [1.82, 2.24) is 5.32 Å². The molecule has 80 valence electrons. The van der Waals surface area contributed by atoms with Crippen LogP contribution in [0, 0.1) is 0 Å². The maximum Gasteiger partial charge on any atom is 0.128 e. The maximum atomic E-state index is 5.69. The second kappa shape index (κ2) is 4.36. The van der Waals surface area contributed by atoms with E-state index in [-0.39, 0.29) is 6.04 Å². The first-order valence-electron chi connectivity index (χ1n) is 5.14. The molecule has 0 saturated carbocycles. The monoisotopic (exact) mass is 205 g/mol. The maximum absolute atomic E-state index is 5.69. The van der Waals surface area contributed by atoms with Gasteiger partial charge in [0.25, 0.3) is 0 Å². The van der Waals surface area contributed by atoms with Crippen LogP contribution in [0.25, 0.3) is 0 Å². The van der Waals surface area contributed by atoms with E-state index in [9.17, 15) is 0 Å². The third kappa shape index (κ3) is 1.97. The van der Waals surface area contributed by atoms with Crippen molar-refractivity contribution >= 4 is 0 Å². The molecule has 0 aliphatic carbocycles. The number of aryl methyl sites for hydroxylation is 1. The van der Waals surface area contributed by atoms with Gasteiger partial charge in [0.2, 0.25) is 0 Å². The zero-order valence-corrected chi connectivity index (χ0v) is 8.99. The van der Waals surface area contributed by atoms with E-state index in [0.29, 0.717) is 0 Å². The molecule has 1 N–H and O–H groups in total. The van der Waals surface area contributed by atoms with Gasteiger partial charge in [0, 0.05) is 6.42 Å². The fourth-order valence-electron chi connectivity index (χ4n) is 1.62. The standard InChI is InChI=1S/C12H15NO2/c1-3-9-6-7-11(15-9)12(13-2)10-5-4-8-14-10/h4-8,12-13H,3H2,1-2H3. The molecule has 0 saturated heterocycles. The lowest BCUT2D eigenvalue weighted by Crippen LogP contribution is -2.16. The molecule has 2 aromatic heterocycles. The summed E-state index contributed by atoms with van der Waals surface area (Å²) in [6.45, 7) is 2.07. The third-order valence-electron chi connectivity index (χ3n) is 2.43. The van der Waals surface area contributed by atoms with Crippen molar-refractivity contribution in [2.45, 2.75) is 19.4 Å². The van der Waals surface area contributed by atoms with Gasteiger partial charge >= 0.3 is 0 Å². The molecule has 0 fully saturated rings. The lowest BCUT2D eigenvalue weighted by Gasteiger charge is -2.10. The van der Waals surface area contributed by atoms with Gasteiger partial charge in [-0.2, -0.15) is 0 Å². The summed E-state index contributed by atoms with van der Waals surface area (Å²) in [6, 6.07) is 7.81. The summed E-state index contributed by atoms with van der Waals surface area (Å²) < 4.78 is 11.0. The van der Waals surface area contributed by atoms with Crippen molar-refractivity contribution < 1.29 is 8.83 Å². The average molecular weight is 205 g/mol. The van der Waals surface area contributed by atoms with Crippen LogP contribution in [0.4, 0.5) is 0 Å². The molecule has 1 atom stereocenters. The minimum absolute atomic E-state index is 0.000278. The smallest absolute Gasteiger partial charge is 0.128 e. The van der Waals surface area contributed by atoms with Gasteiger partial charge in [-0.3, -0.25) is 0 Å². The van der Waals surface area contributed by atoms with Crippen LogP contribution >= 0.6 is 0 Å². The summed E-state index contributed by atoms with van der Waals surface area (Å²) in [5.41, 5.74) is 0. The fourth-order valence-corrected chi connectivity index (χ4v) is 1.62. The van der Waals surface area contributed by atoms with Gasteiger partial charge < -0.3 is 14.2 Å². The van der Waals surface area contributed by atoms with Crippen molar-refractivity contribution in [3.63, 3.8) is 0 Å². The quantitative estimate of drug-likeness (QED) is 0.834. The molecule has 3 heteroatoms. The van der Waals surface area contributed by atoms with Crippen LogP contribution in [0.5, 0.6) is 0 Å². The molecule has 3 nitrogen and oxygen atoms in total. The van der Waals surface area contributed by atoms with Crippen LogP contribution in [0.3, 0.4) is 0 Å². The van der Waals surface area contributed by atoms with Gasteiger partial charge in [0.1, 0.15) is 23.3 Å². The Labute approximate surface area is 89.1 Å². The van der Waals surface area contributed by atoms with E-state index in [1.54, 1.807) is 6.26 Å². The highest BCUT2D eigenvalue weighted by atomic mass is 16.4. The summed E-state index contributed by atoms with van der Waals surface area (Å²) in [5, 5.41) is 3.17. The molecule has 0 aromatic carbocycles. The Kier molecular flexibility index (Phi) is 2.92. The van der Waals surface area contributed by atoms with Crippen molar-refractivity contribution in [1.29, 1.82) is 0 Å². The molecule has 0 amide bonds. The van der Waals surface area contributed by atoms with Crippen LogP contribution < -0.4 is 5.32 Å². The van der Waals surface area contributed by atoms with E-state index < -0.39 is 0 Å². The predicted molar refractivity (Wildman–Crippen MR) is 57.7 cm³/mol. The van der Waals surface area contributed by atoms with Gasteiger partial charge in [0.15, 0.2) is 0 Å². The largest absolute Gasteiger partial charge is 0.467 e. The zero-order chi connectivity index (χ0) is 10.7. The van der Waals surface area contributed by atoms with E-state index in [1.807, 2.05) is 31.3 Å². The molecule has 15 heavy (non-hydrogen) atoms. The summed E-state index contributed by atoms with van der Waals surface area (Å²) in [7, 11) is 1.89. The molecule has 2 heterocycles. The highest BCUT2D eigenvalue weighted by Crippen LogP contribution is 2.24. The Morgan fingerprint density at radius 3 is 2.67 bits per heavy atom. The average Bonchev–Trinajstić information content (AvgIpc) is 2.89. The van der Waals surface area contributed by atoms with E-state index in [2.05, 4.69) is 12.2 Å². The van der Waals surface area contributed by atoms with Gasteiger partial charge in [-0.05, 0) is 31.3 Å². The minimum atomic E-state index is 0.000278. The molecule has 1 unspecified atom stereocenters. The summed E-state index contributed by atoms with van der Waals surface area (Å²) in [5.74, 6) is 2.76. The van der Waals surface area contributed by atoms with Gasteiger partial charge in [-0.1, -0.05) is 6.92 Å². The first-order valence-corrected chi connectivity index (χ1v) is 5.14. The van der Waals surface area contributed by atoms with Crippen LogP contribution in [-0.2, 0) is 6.42 Å². The first kappa shape index (κ1) is 10.1. The van der Waals surface area contributed by atoms with Crippen molar-refractivity contribution in [3.05, 3.63) is 47.8 Å². The van der Waals surface area contributed by atoms with E-state index in [1.165, 1.54) is 0 Å². The molecule has 0 bridgehead atoms. The predicted octanol–water partition coefficient (Wildman–Crippen LogP) is 2.74. The van der Waals surface area contributed by atoms with Crippen LogP contribution in [-0.4, -0.2) is 7.05 Å². The summed E-state index contributed by atoms with van der Waals surface area (Å²) in [6.07, 6.45) is 2.58. The number of nitrogens with one attached hydrogen (secondary N) is 1. The van der Waals surface area contributed by atoms with Crippen LogP contribution in [0.1, 0.15) is 30.2 Å². The SMILES string of the molecule is CCc1ccc(C(NC)c2ccco2)o1. The molecular formula is C12H15NO2. The number of hydrogen-bond acceptors (Lipinski definition) is 3. The molecule has 2 aromatic rings. The van der Waals surface area contributed by atoms with E-state index >= 15 is 0 Å². The highest BCUT2D eigenvalue weighted by Gasteiger charge is 2.17. The lowest BCUT2D eigenvalue weighted by molar-refractivity contribution is 0.389. The van der Waals surface area contributed by atoms with Gasteiger partial charge in [-0.15, -0.1) is 0 Å². The summed E-state index contributed by atoms with van der Waals surface area (Å²) >= 11 is 0. The topological polar surface area (TPSA) is 38.3 Å². The molecule has 0 radical (unpaired) electrons. The Bertz CT molecular complexity index is 403. The van der Waals surface area contributed by atoms with E-state index in [4.69, 9.17) is 8.83 Å². The van der Waals surface area contributed by atoms with Crippen LogP contribution in [0.15, 0.2) is 39.4 Å². The first-order chi connectivity index (χ1) is 7.35. The molecule has 2 rings (SSSR count). The molecular weight excluding hydrogens is 190 g/mol. The van der Waals surface area contributed by atoms with Gasteiger partial charge in [-0.25, -0.2) is 0 Å². The summed E-state index contributed by atoms with van der Waals surface area (Å²) in [4.78, 5) is 0. The number of furan rings is 2. The van der Waals surface area contributed by atoms with Crippen molar-refractivity contribution in [3.8, 4) is 0 Å². The number of hydrogen-bond donors (Lipinski definition) is 1. The minimum Gasteiger partial charge on any atom is -0.467 e. The molecule has 0 aliphatic heterocycles. The second-order valence-electron chi connectivity index (χ2n) is 3.39. The fraction of sp³-hybridized carbons (Fsp3) is 0.333. The Balaban J connectivity index is 2.27. The Morgan fingerprint density at radius 1 is 1.27 bits per heavy atom. The molecule has 0 aliphatic rings. The second-order valence-corrected chi connectivity index (χ2v) is 3.39. The molecule has 0 spiro atoms. The van der Waals surface area contributed by atoms with E-state index in [0.717, 1.165) is 23.7 Å². The Morgan fingerprint density at radius 2 is 2.13 bits per heavy atom. The number of rotatable bonds is 4.